The number of hydrogen-bond donors (Lipinski definition) is 2. The highest BCUT2D eigenvalue weighted by Gasteiger charge is 2.12. The van der Waals surface area contributed by atoms with Crippen LogP contribution in [-0.4, -0.2) is 12.5 Å². The average molecular weight is 204 g/mol. The Kier molecular flexibility index (Phi) is 2.90. The molecule has 0 bridgehead atoms. The van der Waals surface area contributed by atoms with Crippen molar-refractivity contribution >= 4 is 17.3 Å². The van der Waals surface area contributed by atoms with Crippen molar-refractivity contribution in [1.82, 2.24) is 0 Å². The molecule has 1 aromatic rings. The van der Waals surface area contributed by atoms with Crippen molar-refractivity contribution in [2.24, 2.45) is 0 Å². The van der Waals surface area contributed by atoms with Crippen LogP contribution < -0.4 is 10.6 Å². The largest absolute Gasteiger partial charge is 0.383 e. The lowest BCUT2D eigenvalue weighted by Crippen LogP contribution is -2.16. The highest BCUT2D eigenvalue weighted by Crippen LogP contribution is 2.29. The zero-order valence-corrected chi connectivity index (χ0v) is 8.97. The highest BCUT2D eigenvalue weighted by molar-refractivity contribution is 5.94. The zero-order valence-electron chi connectivity index (χ0n) is 8.97. The normalized spacial score (nSPS) is 13.9. The fraction of sp³-hybridized carbons (Fsp3) is 0.417. The lowest BCUT2D eigenvalue weighted by molar-refractivity contribution is -0.115. The second-order valence-electron chi connectivity index (χ2n) is 3.77. The summed E-state index contributed by atoms with van der Waals surface area (Å²) in [5, 5.41) is 6.26. The third-order valence-corrected chi connectivity index (χ3v) is 2.67. The molecule has 1 heterocycles. The number of nitrogens with one attached hydrogen (secondary N) is 2. The van der Waals surface area contributed by atoms with Gasteiger partial charge in [-0.3, -0.25) is 4.79 Å². The predicted octanol–water partition coefficient (Wildman–Crippen LogP) is 2.39. The van der Waals surface area contributed by atoms with E-state index >= 15 is 0 Å². The van der Waals surface area contributed by atoms with E-state index in [1.165, 1.54) is 5.56 Å². The molecule has 0 aliphatic carbocycles. The number of rotatable bonds is 2. The minimum Gasteiger partial charge on any atom is -0.383 e. The molecule has 1 amide bonds. The van der Waals surface area contributed by atoms with Crippen LogP contribution in [0.5, 0.6) is 0 Å². The van der Waals surface area contributed by atoms with Crippen molar-refractivity contribution in [2.45, 2.75) is 26.2 Å². The molecule has 0 unspecified atom stereocenters. The Morgan fingerprint density at radius 1 is 1.53 bits per heavy atom. The maximum absolute atomic E-state index is 11.3. The lowest BCUT2D eigenvalue weighted by Gasteiger charge is -2.21. The maximum atomic E-state index is 11.3. The molecule has 0 saturated carbocycles. The third-order valence-electron chi connectivity index (χ3n) is 2.67. The number of benzene rings is 1. The quantitative estimate of drug-likeness (QED) is 0.776. The van der Waals surface area contributed by atoms with E-state index in [1.54, 1.807) is 0 Å². The van der Waals surface area contributed by atoms with Crippen LogP contribution in [0.2, 0.25) is 0 Å². The number of aryl methyl sites for hydroxylation is 1. The maximum Gasteiger partial charge on any atom is 0.224 e. The summed E-state index contributed by atoms with van der Waals surface area (Å²) < 4.78 is 0. The molecule has 2 rings (SSSR count). The number of para-hydroxylation sites is 1. The number of hydrogen-bond acceptors (Lipinski definition) is 2. The standard InChI is InChI=1S/C12H16N2O/c1-2-11(15)14-10-7-3-5-9-6-4-8-13-12(9)10/h3,5,7,13H,2,4,6,8H2,1H3,(H,14,15). The Morgan fingerprint density at radius 2 is 2.40 bits per heavy atom. The molecule has 2 N–H and O–H groups in total. The Labute approximate surface area is 89.9 Å². The number of fused-ring (bicyclic) bond motifs is 1. The summed E-state index contributed by atoms with van der Waals surface area (Å²) >= 11 is 0. The van der Waals surface area contributed by atoms with Gasteiger partial charge in [-0.2, -0.15) is 0 Å². The Morgan fingerprint density at radius 3 is 3.20 bits per heavy atom. The van der Waals surface area contributed by atoms with Gasteiger partial charge in [0.2, 0.25) is 5.91 Å². The van der Waals surface area contributed by atoms with E-state index in [0.717, 1.165) is 30.8 Å². The molecule has 0 radical (unpaired) electrons. The third kappa shape index (κ3) is 2.12. The van der Waals surface area contributed by atoms with Gasteiger partial charge in [-0.05, 0) is 24.5 Å². The van der Waals surface area contributed by atoms with Crippen LogP contribution in [0, 0.1) is 0 Å². The molecule has 1 aliphatic rings. The van der Waals surface area contributed by atoms with Crippen molar-refractivity contribution in [3.8, 4) is 0 Å². The summed E-state index contributed by atoms with van der Waals surface area (Å²) in [7, 11) is 0. The van der Waals surface area contributed by atoms with Crippen LogP contribution >= 0.6 is 0 Å². The summed E-state index contributed by atoms with van der Waals surface area (Å²) in [5.41, 5.74) is 3.32. The van der Waals surface area contributed by atoms with Gasteiger partial charge in [0.05, 0.1) is 11.4 Å². The second kappa shape index (κ2) is 4.34. The van der Waals surface area contributed by atoms with Crippen molar-refractivity contribution < 1.29 is 4.79 Å². The van der Waals surface area contributed by atoms with Crippen LogP contribution in [0.4, 0.5) is 11.4 Å². The van der Waals surface area contributed by atoms with Crippen molar-refractivity contribution in [2.75, 3.05) is 17.2 Å². The lowest BCUT2D eigenvalue weighted by atomic mass is 10.0. The first kappa shape index (κ1) is 10.0. The Bertz CT molecular complexity index is 374. The molecule has 3 heteroatoms. The highest BCUT2D eigenvalue weighted by atomic mass is 16.1. The molecular weight excluding hydrogens is 188 g/mol. The molecule has 80 valence electrons. The van der Waals surface area contributed by atoms with E-state index in [4.69, 9.17) is 0 Å². The molecule has 0 fully saturated rings. The van der Waals surface area contributed by atoms with Gasteiger partial charge in [0.15, 0.2) is 0 Å². The topological polar surface area (TPSA) is 41.1 Å². The van der Waals surface area contributed by atoms with E-state index in [1.807, 2.05) is 19.1 Å². The van der Waals surface area contributed by atoms with E-state index < -0.39 is 0 Å². The first-order chi connectivity index (χ1) is 7.31. The summed E-state index contributed by atoms with van der Waals surface area (Å²) in [6.45, 7) is 2.85. The van der Waals surface area contributed by atoms with E-state index in [-0.39, 0.29) is 5.91 Å². The predicted molar refractivity (Wildman–Crippen MR) is 62.2 cm³/mol. The number of carbonyl (C=O) groups excluding carboxylic acids is 1. The second-order valence-corrected chi connectivity index (χ2v) is 3.77. The first-order valence-electron chi connectivity index (χ1n) is 5.47. The molecule has 0 saturated heterocycles. The van der Waals surface area contributed by atoms with Gasteiger partial charge in [0, 0.05) is 13.0 Å². The molecule has 1 aliphatic heterocycles. The Balaban J connectivity index is 2.27. The number of anilines is 2. The summed E-state index contributed by atoms with van der Waals surface area (Å²) in [6, 6.07) is 6.06. The molecule has 15 heavy (non-hydrogen) atoms. The zero-order chi connectivity index (χ0) is 10.7. The van der Waals surface area contributed by atoms with Crippen molar-refractivity contribution in [1.29, 1.82) is 0 Å². The molecular formula is C12H16N2O. The van der Waals surface area contributed by atoms with Crippen LogP contribution in [0.3, 0.4) is 0 Å². The molecule has 3 nitrogen and oxygen atoms in total. The van der Waals surface area contributed by atoms with Gasteiger partial charge in [-0.1, -0.05) is 19.1 Å². The summed E-state index contributed by atoms with van der Waals surface area (Å²) in [4.78, 5) is 11.3. The molecule has 0 atom stereocenters. The molecule has 0 spiro atoms. The van der Waals surface area contributed by atoms with Crippen LogP contribution in [0.25, 0.3) is 0 Å². The van der Waals surface area contributed by atoms with Gasteiger partial charge in [0.25, 0.3) is 0 Å². The van der Waals surface area contributed by atoms with E-state index in [2.05, 4.69) is 16.7 Å². The van der Waals surface area contributed by atoms with Crippen molar-refractivity contribution in [3.63, 3.8) is 0 Å². The van der Waals surface area contributed by atoms with Crippen LogP contribution in [0.1, 0.15) is 25.3 Å². The Hall–Kier alpha value is -1.51. The summed E-state index contributed by atoms with van der Waals surface area (Å²) in [5.74, 6) is 0.0655. The smallest absolute Gasteiger partial charge is 0.224 e. The molecule has 1 aromatic carbocycles. The van der Waals surface area contributed by atoms with Gasteiger partial charge < -0.3 is 10.6 Å². The SMILES string of the molecule is CCC(=O)Nc1cccc2c1NCCC2. The van der Waals surface area contributed by atoms with Crippen LogP contribution in [0.15, 0.2) is 18.2 Å². The van der Waals surface area contributed by atoms with Gasteiger partial charge >= 0.3 is 0 Å². The number of carbonyl (C=O) groups is 1. The first-order valence-corrected chi connectivity index (χ1v) is 5.47. The van der Waals surface area contributed by atoms with Crippen LogP contribution in [-0.2, 0) is 11.2 Å². The number of amides is 1. The van der Waals surface area contributed by atoms with Gasteiger partial charge in [-0.25, -0.2) is 0 Å². The summed E-state index contributed by atoms with van der Waals surface area (Å²) in [6.07, 6.45) is 2.78. The van der Waals surface area contributed by atoms with Gasteiger partial charge in [-0.15, -0.1) is 0 Å². The minimum atomic E-state index is 0.0655. The minimum absolute atomic E-state index is 0.0655. The van der Waals surface area contributed by atoms with E-state index in [9.17, 15) is 4.79 Å². The fourth-order valence-electron chi connectivity index (χ4n) is 1.85. The monoisotopic (exact) mass is 204 g/mol. The van der Waals surface area contributed by atoms with E-state index in [0.29, 0.717) is 6.42 Å². The average Bonchev–Trinajstić information content (AvgIpc) is 2.29. The van der Waals surface area contributed by atoms with Gasteiger partial charge in [0.1, 0.15) is 0 Å². The molecule has 0 aromatic heterocycles. The fourth-order valence-corrected chi connectivity index (χ4v) is 1.85. The van der Waals surface area contributed by atoms with Crippen molar-refractivity contribution in [3.05, 3.63) is 23.8 Å².